The fourth-order valence-corrected chi connectivity index (χ4v) is 3.19. The largest absolute Gasteiger partial charge is 0.270 e. The molecule has 1 fully saturated rings. The lowest BCUT2D eigenvalue weighted by Gasteiger charge is -2.11. The maximum absolute atomic E-state index is 13.0. The summed E-state index contributed by atoms with van der Waals surface area (Å²) in [5.74, 6) is 0.342. The molecule has 4 aromatic rings. The van der Waals surface area contributed by atoms with Crippen molar-refractivity contribution in [3.05, 3.63) is 72.2 Å². The summed E-state index contributed by atoms with van der Waals surface area (Å²) in [4.78, 5) is 22.0. The molecule has 1 aliphatic rings. The van der Waals surface area contributed by atoms with Gasteiger partial charge in [-0.25, -0.2) is 9.66 Å². The molecule has 0 radical (unpaired) electrons. The van der Waals surface area contributed by atoms with Gasteiger partial charge in [-0.2, -0.15) is 0 Å². The van der Waals surface area contributed by atoms with Gasteiger partial charge < -0.3 is 0 Å². The number of aromatic nitrogens is 3. The molecule has 5 heteroatoms. The summed E-state index contributed by atoms with van der Waals surface area (Å²) in [5, 5.41) is 0.869. The number of carbonyl (C=O) groups is 1. The van der Waals surface area contributed by atoms with E-state index in [-0.39, 0.29) is 5.91 Å². The van der Waals surface area contributed by atoms with Crippen LogP contribution in [-0.4, -0.2) is 20.6 Å². The van der Waals surface area contributed by atoms with Gasteiger partial charge in [-0.1, -0.05) is 30.3 Å². The number of hydrogen-bond donors (Lipinski definition) is 1. The molecule has 0 saturated heterocycles. The molecule has 122 valence electrons. The third-order valence-electron chi connectivity index (χ3n) is 4.65. The maximum atomic E-state index is 13.0. The van der Waals surface area contributed by atoms with Crippen molar-refractivity contribution in [2.24, 2.45) is 0 Å². The SMILES string of the molecule is O=C(Nn1cnc2ccccc21)c1cc(C2CC2)nc2ccccc12. The van der Waals surface area contributed by atoms with Crippen molar-refractivity contribution in [1.29, 1.82) is 0 Å². The summed E-state index contributed by atoms with van der Waals surface area (Å²) in [6, 6.07) is 17.5. The molecule has 2 heterocycles. The molecule has 1 aliphatic carbocycles. The molecular weight excluding hydrogens is 312 g/mol. The van der Waals surface area contributed by atoms with E-state index in [1.165, 1.54) is 0 Å². The number of carbonyl (C=O) groups excluding carboxylic acids is 1. The van der Waals surface area contributed by atoms with Crippen molar-refractivity contribution in [3.63, 3.8) is 0 Å². The standard InChI is InChI=1S/C20H16N4O/c25-20(23-24-12-21-17-7-3-4-8-19(17)24)15-11-18(13-9-10-13)22-16-6-2-1-5-14(15)16/h1-8,11-13H,9-10H2,(H,23,25). The summed E-state index contributed by atoms with van der Waals surface area (Å²) in [7, 11) is 0. The highest BCUT2D eigenvalue weighted by Gasteiger charge is 2.27. The first-order chi connectivity index (χ1) is 12.3. The van der Waals surface area contributed by atoms with Crippen LogP contribution >= 0.6 is 0 Å². The summed E-state index contributed by atoms with van der Waals surface area (Å²) in [6.45, 7) is 0. The molecule has 2 aromatic heterocycles. The fraction of sp³-hybridized carbons (Fsp3) is 0.150. The van der Waals surface area contributed by atoms with Crippen LogP contribution in [0.1, 0.15) is 34.8 Å². The van der Waals surface area contributed by atoms with Crippen LogP contribution in [0.2, 0.25) is 0 Å². The van der Waals surface area contributed by atoms with E-state index >= 15 is 0 Å². The lowest BCUT2D eigenvalue weighted by atomic mass is 10.1. The molecule has 0 unspecified atom stereocenters. The molecule has 2 aromatic carbocycles. The lowest BCUT2D eigenvalue weighted by Crippen LogP contribution is -2.22. The molecule has 5 nitrogen and oxygen atoms in total. The number of nitrogens with one attached hydrogen (secondary N) is 1. The van der Waals surface area contributed by atoms with Gasteiger partial charge in [-0.15, -0.1) is 0 Å². The lowest BCUT2D eigenvalue weighted by molar-refractivity contribution is 0.101. The second-order valence-electron chi connectivity index (χ2n) is 6.43. The second kappa shape index (κ2) is 5.41. The van der Waals surface area contributed by atoms with Crippen molar-refractivity contribution < 1.29 is 4.79 Å². The summed E-state index contributed by atoms with van der Waals surface area (Å²) < 4.78 is 1.67. The van der Waals surface area contributed by atoms with E-state index < -0.39 is 0 Å². The van der Waals surface area contributed by atoms with Crippen LogP contribution in [0.4, 0.5) is 0 Å². The predicted octanol–water partition coefficient (Wildman–Crippen LogP) is 3.85. The minimum absolute atomic E-state index is 0.149. The highest BCUT2D eigenvalue weighted by molar-refractivity contribution is 6.10. The summed E-state index contributed by atoms with van der Waals surface area (Å²) in [5.41, 5.74) is 7.21. The molecule has 0 spiro atoms. The average Bonchev–Trinajstić information content (AvgIpc) is 3.43. The normalized spacial score (nSPS) is 14.1. The van der Waals surface area contributed by atoms with Gasteiger partial charge in [0.25, 0.3) is 5.91 Å². The minimum atomic E-state index is -0.149. The first-order valence-corrected chi connectivity index (χ1v) is 8.43. The summed E-state index contributed by atoms with van der Waals surface area (Å²) in [6.07, 6.45) is 3.94. The van der Waals surface area contributed by atoms with E-state index in [4.69, 9.17) is 4.98 Å². The van der Waals surface area contributed by atoms with Gasteiger partial charge >= 0.3 is 0 Å². The second-order valence-corrected chi connectivity index (χ2v) is 6.43. The Balaban J connectivity index is 1.58. The van der Waals surface area contributed by atoms with Gasteiger partial charge in [0.15, 0.2) is 0 Å². The number of pyridine rings is 1. The van der Waals surface area contributed by atoms with Gasteiger partial charge in [-0.3, -0.25) is 15.2 Å². The Morgan fingerprint density at radius 3 is 2.64 bits per heavy atom. The Morgan fingerprint density at radius 2 is 1.80 bits per heavy atom. The number of benzene rings is 2. The van der Waals surface area contributed by atoms with Crippen molar-refractivity contribution >= 4 is 27.8 Å². The first-order valence-electron chi connectivity index (χ1n) is 8.43. The number of amides is 1. The number of para-hydroxylation sites is 3. The average molecular weight is 328 g/mol. The van der Waals surface area contributed by atoms with Gasteiger partial charge in [0.05, 0.1) is 22.1 Å². The monoisotopic (exact) mass is 328 g/mol. The third kappa shape index (κ3) is 2.45. The van der Waals surface area contributed by atoms with Crippen molar-refractivity contribution in [2.45, 2.75) is 18.8 Å². The Bertz CT molecular complexity index is 1110. The van der Waals surface area contributed by atoms with Crippen LogP contribution in [0.15, 0.2) is 60.9 Å². The number of hydrogen-bond acceptors (Lipinski definition) is 3. The minimum Gasteiger partial charge on any atom is -0.267 e. The Labute approximate surface area is 144 Å². The van der Waals surface area contributed by atoms with Gasteiger partial charge in [0, 0.05) is 17.0 Å². The van der Waals surface area contributed by atoms with Crippen LogP contribution in [0.25, 0.3) is 21.9 Å². The van der Waals surface area contributed by atoms with E-state index in [0.717, 1.165) is 40.5 Å². The topological polar surface area (TPSA) is 59.8 Å². The highest BCUT2D eigenvalue weighted by Crippen LogP contribution is 2.40. The Kier molecular flexibility index (Phi) is 3.06. The van der Waals surface area contributed by atoms with Crippen molar-refractivity contribution in [2.75, 3.05) is 5.43 Å². The van der Waals surface area contributed by atoms with Gasteiger partial charge in [-0.05, 0) is 37.1 Å². The number of nitrogens with zero attached hydrogens (tertiary/aromatic N) is 3. The number of imidazole rings is 1. The molecule has 1 N–H and O–H groups in total. The first kappa shape index (κ1) is 14.2. The summed E-state index contributed by atoms with van der Waals surface area (Å²) >= 11 is 0. The Morgan fingerprint density at radius 1 is 1.04 bits per heavy atom. The quantitative estimate of drug-likeness (QED) is 0.621. The van der Waals surface area contributed by atoms with Crippen molar-refractivity contribution in [1.82, 2.24) is 14.6 Å². The van der Waals surface area contributed by atoms with Crippen molar-refractivity contribution in [3.8, 4) is 0 Å². The van der Waals surface area contributed by atoms with E-state index in [2.05, 4.69) is 10.4 Å². The molecule has 25 heavy (non-hydrogen) atoms. The van der Waals surface area contributed by atoms with Crippen LogP contribution in [0, 0.1) is 0 Å². The molecule has 0 bridgehead atoms. The van der Waals surface area contributed by atoms with Crippen LogP contribution < -0.4 is 5.43 Å². The smallest absolute Gasteiger partial charge is 0.267 e. The number of fused-ring (bicyclic) bond motifs is 2. The zero-order valence-corrected chi connectivity index (χ0v) is 13.5. The fourth-order valence-electron chi connectivity index (χ4n) is 3.19. The molecular formula is C20H16N4O. The highest BCUT2D eigenvalue weighted by atomic mass is 16.2. The van der Waals surface area contributed by atoms with E-state index in [1.807, 2.05) is 54.6 Å². The maximum Gasteiger partial charge on any atom is 0.270 e. The van der Waals surface area contributed by atoms with Crippen LogP contribution in [-0.2, 0) is 0 Å². The molecule has 1 amide bonds. The zero-order valence-electron chi connectivity index (χ0n) is 13.5. The molecule has 1 saturated carbocycles. The molecule has 0 atom stereocenters. The van der Waals surface area contributed by atoms with Crippen LogP contribution in [0.3, 0.4) is 0 Å². The molecule has 0 aliphatic heterocycles. The van der Waals surface area contributed by atoms with Gasteiger partial charge in [0.2, 0.25) is 0 Å². The third-order valence-corrected chi connectivity index (χ3v) is 4.65. The van der Waals surface area contributed by atoms with E-state index in [9.17, 15) is 4.79 Å². The van der Waals surface area contributed by atoms with Crippen LogP contribution in [0.5, 0.6) is 0 Å². The van der Waals surface area contributed by atoms with E-state index in [1.54, 1.807) is 11.0 Å². The van der Waals surface area contributed by atoms with E-state index in [0.29, 0.717) is 11.5 Å². The van der Waals surface area contributed by atoms with Gasteiger partial charge in [0.1, 0.15) is 6.33 Å². The molecule has 5 rings (SSSR count). The number of rotatable bonds is 3. The zero-order chi connectivity index (χ0) is 16.8. The predicted molar refractivity (Wildman–Crippen MR) is 97.1 cm³/mol. The Hall–Kier alpha value is -3.21.